The molecule has 0 fully saturated rings. The molecule has 2 rings (SSSR count). The molecule has 0 saturated heterocycles. The summed E-state index contributed by atoms with van der Waals surface area (Å²) in [6.45, 7) is 0. The highest BCUT2D eigenvalue weighted by atomic mass is 35.5. The Morgan fingerprint density at radius 2 is 1.47 bits per heavy atom. The van der Waals surface area contributed by atoms with Gasteiger partial charge in [-0.05, 0) is 41.5 Å². The summed E-state index contributed by atoms with van der Waals surface area (Å²) in [4.78, 5) is 3.91. The minimum absolute atomic E-state index is 0.448. The smallest absolute Gasteiger partial charge is 0.129 e. The largest absolute Gasteiger partial charge is 0.245 e. The number of rotatable bonds is 1. The van der Waals surface area contributed by atoms with Crippen molar-refractivity contribution in [2.45, 2.75) is 0 Å². The fourth-order valence-corrected chi connectivity index (χ4v) is 2.00. The van der Waals surface area contributed by atoms with Gasteiger partial charge in [-0.2, -0.15) is 0 Å². The highest BCUT2D eigenvalue weighted by molar-refractivity contribution is 6.35. The molecule has 1 nitrogen and oxygen atoms in total. The summed E-state index contributed by atoms with van der Waals surface area (Å²) in [5.74, 6) is 0. The Balaban J connectivity index is 2.54. The monoisotopic (exact) mass is 257 g/mol. The molecule has 4 heteroatoms. The average Bonchev–Trinajstić information content (AvgIpc) is 2.16. The SMILES string of the molecule is Clc1cc(Cl)cc(-c2ccnc(Cl)c2)c1. The van der Waals surface area contributed by atoms with Crippen molar-refractivity contribution in [2.24, 2.45) is 0 Å². The van der Waals surface area contributed by atoms with Gasteiger partial charge in [-0.3, -0.25) is 0 Å². The summed E-state index contributed by atoms with van der Waals surface area (Å²) in [6, 6.07) is 8.98. The van der Waals surface area contributed by atoms with Gasteiger partial charge in [0.2, 0.25) is 0 Å². The lowest BCUT2D eigenvalue weighted by molar-refractivity contribution is 1.33. The standard InChI is InChI=1S/C11H6Cl3N/c12-9-3-8(4-10(13)6-9)7-1-2-15-11(14)5-7/h1-6H. The maximum absolute atomic E-state index is 5.91. The molecule has 0 saturated carbocycles. The highest BCUT2D eigenvalue weighted by Crippen LogP contribution is 2.27. The van der Waals surface area contributed by atoms with Crippen LogP contribution in [0.5, 0.6) is 0 Å². The Morgan fingerprint density at radius 1 is 0.800 bits per heavy atom. The molecule has 0 aliphatic carbocycles. The van der Waals surface area contributed by atoms with E-state index in [4.69, 9.17) is 34.8 Å². The molecule has 0 atom stereocenters. The van der Waals surface area contributed by atoms with Gasteiger partial charge in [0.15, 0.2) is 0 Å². The zero-order valence-corrected chi connectivity index (χ0v) is 9.81. The van der Waals surface area contributed by atoms with Crippen molar-refractivity contribution < 1.29 is 0 Å². The number of hydrogen-bond donors (Lipinski definition) is 0. The Hall–Kier alpha value is -0.760. The lowest BCUT2D eigenvalue weighted by atomic mass is 10.1. The molecule has 0 N–H and O–H groups in total. The van der Waals surface area contributed by atoms with E-state index < -0.39 is 0 Å². The van der Waals surface area contributed by atoms with Crippen LogP contribution in [0.3, 0.4) is 0 Å². The summed E-state index contributed by atoms with van der Waals surface area (Å²) in [5, 5.41) is 1.65. The Morgan fingerprint density at radius 3 is 2.07 bits per heavy atom. The van der Waals surface area contributed by atoms with E-state index in [1.165, 1.54) is 0 Å². The number of aromatic nitrogens is 1. The summed E-state index contributed by atoms with van der Waals surface area (Å²) >= 11 is 17.6. The van der Waals surface area contributed by atoms with Crippen LogP contribution < -0.4 is 0 Å². The molecular weight excluding hydrogens is 252 g/mol. The van der Waals surface area contributed by atoms with Gasteiger partial charge in [-0.15, -0.1) is 0 Å². The highest BCUT2D eigenvalue weighted by Gasteiger charge is 2.02. The summed E-state index contributed by atoms with van der Waals surface area (Å²) in [6.07, 6.45) is 1.65. The molecule has 0 radical (unpaired) electrons. The van der Waals surface area contributed by atoms with Crippen molar-refractivity contribution in [3.05, 3.63) is 51.7 Å². The molecule has 0 spiro atoms. The van der Waals surface area contributed by atoms with Crippen LogP contribution in [0.15, 0.2) is 36.5 Å². The van der Waals surface area contributed by atoms with Crippen molar-refractivity contribution in [1.82, 2.24) is 4.98 Å². The molecule has 15 heavy (non-hydrogen) atoms. The molecule has 0 aliphatic heterocycles. The van der Waals surface area contributed by atoms with Gasteiger partial charge in [0.05, 0.1) is 0 Å². The molecule has 0 bridgehead atoms. The second-order valence-corrected chi connectivity index (χ2v) is 4.29. The fraction of sp³-hybridized carbons (Fsp3) is 0. The number of hydrogen-bond acceptors (Lipinski definition) is 1. The lowest BCUT2D eigenvalue weighted by Crippen LogP contribution is -1.80. The summed E-state index contributed by atoms with van der Waals surface area (Å²) < 4.78 is 0. The lowest BCUT2D eigenvalue weighted by Gasteiger charge is -2.03. The molecule has 0 aliphatic rings. The molecule has 0 amide bonds. The topological polar surface area (TPSA) is 12.9 Å². The first-order valence-corrected chi connectivity index (χ1v) is 5.36. The molecular formula is C11H6Cl3N. The van der Waals surface area contributed by atoms with Gasteiger partial charge in [0.25, 0.3) is 0 Å². The first-order valence-electron chi connectivity index (χ1n) is 4.23. The predicted molar refractivity (Wildman–Crippen MR) is 64.7 cm³/mol. The van der Waals surface area contributed by atoms with Crippen LogP contribution in [-0.2, 0) is 0 Å². The average molecular weight is 259 g/mol. The number of halogens is 3. The third-order valence-corrected chi connectivity index (χ3v) is 2.57. The van der Waals surface area contributed by atoms with Crippen LogP contribution in [-0.4, -0.2) is 4.98 Å². The normalized spacial score (nSPS) is 10.3. The van der Waals surface area contributed by atoms with Gasteiger partial charge in [0, 0.05) is 16.2 Å². The summed E-state index contributed by atoms with van der Waals surface area (Å²) in [5.41, 5.74) is 1.87. The van der Waals surface area contributed by atoms with E-state index in [0.29, 0.717) is 15.2 Å². The second kappa shape index (κ2) is 4.40. The first kappa shape index (κ1) is 10.7. The van der Waals surface area contributed by atoms with Crippen molar-refractivity contribution in [3.63, 3.8) is 0 Å². The zero-order valence-electron chi connectivity index (χ0n) is 7.55. The third-order valence-electron chi connectivity index (χ3n) is 1.92. The van der Waals surface area contributed by atoms with Crippen LogP contribution in [0.4, 0.5) is 0 Å². The number of nitrogens with zero attached hydrogens (tertiary/aromatic N) is 1. The van der Waals surface area contributed by atoms with Gasteiger partial charge >= 0.3 is 0 Å². The van der Waals surface area contributed by atoms with Crippen LogP contribution in [0, 0.1) is 0 Å². The van der Waals surface area contributed by atoms with Crippen molar-refractivity contribution >= 4 is 34.8 Å². The van der Waals surface area contributed by atoms with E-state index in [1.807, 2.05) is 18.2 Å². The van der Waals surface area contributed by atoms with Crippen LogP contribution in [0.25, 0.3) is 11.1 Å². The molecule has 1 aromatic carbocycles. The first-order chi connectivity index (χ1) is 7.15. The number of benzene rings is 1. The molecule has 1 aromatic heterocycles. The zero-order chi connectivity index (χ0) is 10.8. The van der Waals surface area contributed by atoms with Gasteiger partial charge in [0.1, 0.15) is 5.15 Å². The van der Waals surface area contributed by atoms with E-state index in [-0.39, 0.29) is 0 Å². The van der Waals surface area contributed by atoms with E-state index in [2.05, 4.69) is 4.98 Å². The second-order valence-electron chi connectivity index (χ2n) is 3.03. The van der Waals surface area contributed by atoms with Crippen LogP contribution in [0.1, 0.15) is 0 Å². The quantitative estimate of drug-likeness (QED) is 0.675. The maximum Gasteiger partial charge on any atom is 0.129 e. The number of pyridine rings is 1. The molecule has 2 aromatic rings. The van der Waals surface area contributed by atoms with Crippen molar-refractivity contribution in [1.29, 1.82) is 0 Å². The fourth-order valence-electron chi connectivity index (χ4n) is 1.30. The Bertz CT molecular complexity index is 477. The van der Waals surface area contributed by atoms with Crippen LogP contribution >= 0.6 is 34.8 Å². The van der Waals surface area contributed by atoms with E-state index in [9.17, 15) is 0 Å². The summed E-state index contributed by atoms with van der Waals surface area (Å²) in [7, 11) is 0. The minimum Gasteiger partial charge on any atom is -0.245 e. The third kappa shape index (κ3) is 2.63. The van der Waals surface area contributed by atoms with Gasteiger partial charge in [-0.1, -0.05) is 34.8 Å². The Kier molecular flexibility index (Phi) is 3.15. The molecule has 1 heterocycles. The van der Waals surface area contributed by atoms with E-state index in [0.717, 1.165) is 11.1 Å². The van der Waals surface area contributed by atoms with E-state index >= 15 is 0 Å². The predicted octanol–water partition coefficient (Wildman–Crippen LogP) is 4.71. The van der Waals surface area contributed by atoms with Gasteiger partial charge < -0.3 is 0 Å². The van der Waals surface area contributed by atoms with Gasteiger partial charge in [-0.25, -0.2) is 4.98 Å². The van der Waals surface area contributed by atoms with E-state index in [1.54, 1.807) is 18.3 Å². The maximum atomic E-state index is 5.91. The molecule has 0 unspecified atom stereocenters. The van der Waals surface area contributed by atoms with Crippen LogP contribution in [0.2, 0.25) is 15.2 Å². The molecule has 76 valence electrons. The Labute approximate surface area is 103 Å². The van der Waals surface area contributed by atoms with Crippen molar-refractivity contribution in [2.75, 3.05) is 0 Å². The minimum atomic E-state index is 0.448. The van der Waals surface area contributed by atoms with Crippen molar-refractivity contribution in [3.8, 4) is 11.1 Å².